The Hall–Kier alpha value is -1.77. The highest BCUT2D eigenvalue weighted by Crippen LogP contribution is 2.29. The lowest BCUT2D eigenvalue weighted by Crippen LogP contribution is -2.09. The van der Waals surface area contributed by atoms with Gasteiger partial charge in [-0.2, -0.15) is 13.2 Å². The van der Waals surface area contributed by atoms with Gasteiger partial charge in [0.2, 0.25) is 0 Å². The molecule has 0 aromatic rings. The molecule has 1 aliphatic rings. The molecule has 3 heteroatoms. The molecule has 0 aromatic heterocycles. The molecule has 0 nitrogen and oxygen atoms in total. The SMILES string of the molecule is C\C=C/C=C\C=C\C1=CCC=CC(C(F)(F)F)=C1. The lowest BCUT2D eigenvalue weighted by Gasteiger charge is -2.06. The van der Waals surface area contributed by atoms with Crippen LogP contribution in [-0.4, -0.2) is 6.18 Å². The van der Waals surface area contributed by atoms with Crippen LogP contribution in [-0.2, 0) is 0 Å². The predicted molar refractivity (Wildman–Crippen MR) is 69.1 cm³/mol. The van der Waals surface area contributed by atoms with Gasteiger partial charge in [-0.05, 0) is 25.0 Å². The molecule has 0 saturated heterocycles. The summed E-state index contributed by atoms with van der Waals surface area (Å²) in [5, 5.41) is 0. The highest BCUT2D eigenvalue weighted by Gasteiger charge is 2.31. The fourth-order valence-electron chi connectivity index (χ4n) is 1.38. The maximum absolute atomic E-state index is 12.6. The van der Waals surface area contributed by atoms with Gasteiger partial charge in [0.05, 0.1) is 5.57 Å². The Morgan fingerprint density at radius 3 is 2.50 bits per heavy atom. The molecule has 1 aliphatic carbocycles. The van der Waals surface area contributed by atoms with Crippen molar-refractivity contribution in [1.82, 2.24) is 0 Å². The Bertz CT molecular complexity index is 441. The van der Waals surface area contributed by atoms with Gasteiger partial charge >= 0.3 is 6.18 Å². The molecule has 0 saturated carbocycles. The van der Waals surface area contributed by atoms with Crippen LogP contribution in [0.5, 0.6) is 0 Å². The van der Waals surface area contributed by atoms with Gasteiger partial charge in [0.15, 0.2) is 0 Å². The lowest BCUT2D eigenvalue weighted by atomic mass is 10.1. The average molecular weight is 252 g/mol. The number of alkyl halides is 3. The zero-order chi connectivity index (χ0) is 13.4. The van der Waals surface area contributed by atoms with Crippen molar-refractivity contribution in [3.8, 4) is 0 Å². The van der Waals surface area contributed by atoms with Gasteiger partial charge in [-0.25, -0.2) is 0 Å². The largest absolute Gasteiger partial charge is 0.416 e. The Morgan fingerprint density at radius 2 is 1.83 bits per heavy atom. The van der Waals surface area contributed by atoms with Crippen molar-refractivity contribution in [3.63, 3.8) is 0 Å². The highest BCUT2D eigenvalue weighted by atomic mass is 19.4. The smallest absolute Gasteiger partial charge is 0.166 e. The molecule has 96 valence electrons. The number of hydrogen-bond donors (Lipinski definition) is 0. The molecule has 0 heterocycles. The third-order valence-electron chi connectivity index (χ3n) is 2.25. The molecule has 0 aliphatic heterocycles. The molecule has 18 heavy (non-hydrogen) atoms. The molecule has 0 atom stereocenters. The number of hydrogen-bond acceptors (Lipinski definition) is 0. The second-order valence-electron chi connectivity index (χ2n) is 3.71. The molecule has 0 N–H and O–H groups in total. The monoisotopic (exact) mass is 252 g/mol. The predicted octanol–water partition coefficient (Wildman–Crippen LogP) is 5.05. The molecule has 1 rings (SSSR count). The summed E-state index contributed by atoms with van der Waals surface area (Å²) in [6.07, 6.45) is 12.5. The van der Waals surface area contributed by atoms with Crippen molar-refractivity contribution in [3.05, 3.63) is 71.9 Å². The maximum atomic E-state index is 12.6. The van der Waals surface area contributed by atoms with Crippen LogP contribution in [0.4, 0.5) is 13.2 Å². The first kappa shape index (κ1) is 14.3. The molecule has 0 spiro atoms. The molecule has 0 unspecified atom stereocenters. The van der Waals surface area contributed by atoms with E-state index >= 15 is 0 Å². The summed E-state index contributed by atoms with van der Waals surface area (Å²) < 4.78 is 37.8. The minimum atomic E-state index is -4.30. The maximum Gasteiger partial charge on any atom is 0.416 e. The minimum Gasteiger partial charge on any atom is -0.166 e. The highest BCUT2D eigenvalue weighted by molar-refractivity contribution is 5.42. The topological polar surface area (TPSA) is 0 Å². The van der Waals surface area contributed by atoms with E-state index in [9.17, 15) is 13.2 Å². The third-order valence-corrected chi connectivity index (χ3v) is 2.25. The second kappa shape index (κ2) is 6.84. The summed E-state index contributed by atoms with van der Waals surface area (Å²) in [5.74, 6) is 0. The lowest BCUT2D eigenvalue weighted by molar-refractivity contribution is -0.0882. The van der Waals surface area contributed by atoms with Crippen molar-refractivity contribution in [2.75, 3.05) is 0 Å². The van der Waals surface area contributed by atoms with Crippen LogP contribution in [0.3, 0.4) is 0 Å². The first-order chi connectivity index (χ1) is 8.54. The van der Waals surface area contributed by atoms with E-state index < -0.39 is 11.7 Å². The molecule has 0 radical (unpaired) electrons. The van der Waals surface area contributed by atoms with Crippen LogP contribution in [0, 0.1) is 0 Å². The van der Waals surface area contributed by atoms with E-state index in [1.54, 1.807) is 24.3 Å². The van der Waals surface area contributed by atoms with Gasteiger partial charge in [0, 0.05) is 0 Å². The van der Waals surface area contributed by atoms with Gasteiger partial charge in [-0.1, -0.05) is 54.7 Å². The van der Waals surface area contributed by atoms with E-state index in [1.807, 2.05) is 25.2 Å². The van der Waals surface area contributed by atoms with Crippen molar-refractivity contribution in [2.24, 2.45) is 0 Å². The summed E-state index contributed by atoms with van der Waals surface area (Å²) in [5.41, 5.74) is -0.0502. The van der Waals surface area contributed by atoms with E-state index in [0.717, 1.165) is 12.2 Å². The number of allylic oxidation sites excluding steroid dienone is 12. The van der Waals surface area contributed by atoms with Gasteiger partial charge in [-0.3, -0.25) is 0 Å². The molecular weight excluding hydrogens is 237 g/mol. The Balaban J connectivity index is 2.80. The van der Waals surface area contributed by atoms with E-state index in [2.05, 4.69) is 0 Å². The third kappa shape index (κ3) is 5.04. The van der Waals surface area contributed by atoms with Gasteiger partial charge in [-0.15, -0.1) is 0 Å². The van der Waals surface area contributed by atoms with Crippen molar-refractivity contribution in [2.45, 2.75) is 19.5 Å². The number of rotatable bonds is 3. The zero-order valence-corrected chi connectivity index (χ0v) is 10.1. The Labute approximate surface area is 105 Å². The Kier molecular flexibility index (Phi) is 5.43. The average Bonchev–Trinajstić information content (AvgIpc) is 2.54. The minimum absolute atomic E-state index is 0.508. The van der Waals surface area contributed by atoms with Crippen molar-refractivity contribution in [1.29, 1.82) is 0 Å². The summed E-state index contributed by atoms with van der Waals surface area (Å²) in [7, 11) is 0. The number of halogens is 3. The molecule has 0 aromatic carbocycles. The molecule has 0 amide bonds. The fourth-order valence-corrected chi connectivity index (χ4v) is 1.38. The van der Waals surface area contributed by atoms with E-state index in [1.165, 1.54) is 6.08 Å². The molecule has 0 bridgehead atoms. The first-order valence-corrected chi connectivity index (χ1v) is 5.65. The standard InChI is InChI=1S/C15H15F3/c1-2-3-4-5-6-9-13-10-7-8-11-14(12-13)15(16,17)18/h2-6,8-12H,7H2,1H3/b3-2-,5-4-,9-6+. The van der Waals surface area contributed by atoms with Crippen LogP contribution >= 0.6 is 0 Å². The summed E-state index contributed by atoms with van der Waals surface area (Å²) in [6.45, 7) is 1.89. The van der Waals surface area contributed by atoms with Crippen LogP contribution in [0.25, 0.3) is 0 Å². The Morgan fingerprint density at radius 1 is 1.11 bits per heavy atom. The fraction of sp³-hybridized carbons (Fsp3) is 0.200. The summed E-state index contributed by atoms with van der Waals surface area (Å²) >= 11 is 0. The normalized spacial score (nSPS) is 17.6. The molecular formula is C15H15F3. The van der Waals surface area contributed by atoms with E-state index in [4.69, 9.17) is 0 Å². The van der Waals surface area contributed by atoms with E-state index in [-0.39, 0.29) is 0 Å². The van der Waals surface area contributed by atoms with Gasteiger partial charge in [0.25, 0.3) is 0 Å². The molecule has 0 fully saturated rings. The van der Waals surface area contributed by atoms with Gasteiger partial charge < -0.3 is 0 Å². The summed E-state index contributed by atoms with van der Waals surface area (Å²) in [4.78, 5) is 0. The quantitative estimate of drug-likeness (QED) is 0.616. The summed E-state index contributed by atoms with van der Waals surface area (Å²) in [6, 6.07) is 0. The van der Waals surface area contributed by atoms with Crippen LogP contribution < -0.4 is 0 Å². The van der Waals surface area contributed by atoms with Crippen molar-refractivity contribution < 1.29 is 13.2 Å². The first-order valence-electron chi connectivity index (χ1n) is 5.65. The van der Waals surface area contributed by atoms with Crippen LogP contribution in [0.2, 0.25) is 0 Å². The van der Waals surface area contributed by atoms with Gasteiger partial charge in [0.1, 0.15) is 0 Å². The van der Waals surface area contributed by atoms with E-state index in [0.29, 0.717) is 12.0 Å². The second-order valence-corrected chi connectivity index (χ2v) is 3.71. The van der Waals surface area contributed by atoms with Crippen LogP contribution in [0.15, 0.2) is 71.9 Å². The van der Waals surface area contributed by atoms with Crippen molar-refractivity contribution >= 4 is 0 Å². The zero-order valence-electron chi connectivity index (χ0n) is 10.1. The van der Waals surface area contributed by atoms with Crippen LogP contribution in [0.1, 0.15) is 13.3 Å².